The summed E-state index contributed by atoms with van der Waals surface area (Å²) in [5.41, 5.74) is -1.83. The SMILES string of the molecule is C=CCN(CCN1CCOCC1)C(=O)C1N(CCCCCCO)C(=O)[C@@H]2[C@H](C(=O)N(CC=C)CCC)[C@]3(C)CCC12O3. The molecule has 5 atom stereocenters. The molecule has 0 aliphatic carbocycles. The van der Waals surface area contributed by atoms with E-state index >= 15 is 0 Å². The van der Waals surface area contributed by atoms with E-state index in [4.69, 9.17) is 9.47 Å². The molecule has 4 saturated heterocycles. The summed E-state index contributed by atoms with van der Waals surface area (Å²) in [6.07, 6.45) is 8.61. The molecule has 10 nitrogen and oxygen atoms in total. The first-order valence-electron chi connectivity index (χ1n) is 16.0. The molecule has 0 saturated carbocycles. The molecule has 0 aromatic carbocycles. The summed E-state index contributed by atoms with van der Waals surface area (Å²) in [5, 5.41) is 9.20. The second-order valence-corrected chi connectivity index (χ2v) is 12.5. The molecule has 42 heavy (non-hydrogen) atoms. The quantitative estimate of drug-likeness (QED) is 0.205. The lowest BCUT2D eigenvalue weighted by Crippen LogP contribution is -2.57. The van der Waals surface area contributed by atoms with E-state index in [1.54, 1.807) is 22.0 Å². The van der Waals surface area contributed by atoms with E-state index < -0.39 is 29.1 Å². The molecule has 10 heteroatoms. The Labute approximate surface area is 251 Å². The van der Waals surface area contributed by atoms with Gasteiger partial charge in [0.1, 0.15) is 11.6 Å². The highest BCUT2D eigenvalue weighted by atomic mass is 16.5. The molecule has 4 aliphatic rings. The third kappa shape index (κ3) is 6.32. The first kappa shape index (κ1) is 32.6. The van der Waals surface area contributed by atoms with Gasteiger partial charge in [0.05, 0.1) is 30.7 Å². The van der Waals surface area contributed by atoms with E-state index in [9.17, 15) is 19.5 Å². The van der Waals surface area contributed by atoms with Crippen molar-refractivity contribution in [3.8, 4) is 0 Å². The van der Waals surface area contributed by atoms with Gasteiger partial charge in [0, 0.05) is 59.0 Å². The third-order valence-corrected chi connectivity index (χ3v) is 9.69. The van der Waals surface area contributed by atoms with Gasteiger partial charge in [-0.25, -0.2) is 0 Å². The molecule has 236 valence electrons. The number of hydrogen-bond donors (Lipinski definition) is 1. The first-order valence-corrected chi connectivity index (χ1v) is 16.0. The van der Waals surface area contributed by atoms with Crippen molar-refractivity contribution in [2.24, 2.45) is 11.8 Å². The number of rotatable bonds is 17. The van der Waals surface area contributed by atoms with Gasteiger partial charge < -0.3 is 29.3 Å². The van der Waals surface area contributed by atoms with Crippen LogP contribution in [0.4, 0.5) is 0 Å². The predicted octanol–water partition coefficient (Wildman–Crippen LogP) is 2.08. The summed E-state index contributed by atoms with van der Waals surface area (Å²) in [4.78, 5) is 50.7. The van der Waals surface area contributed by atoms with Crippen molar-refractivity contribution in [1.29, 1.82) is 0 Å². The number of aliphatic hydroxyl groups is 1. The Bertz CT molecular complexity index is 986. The Morgan fingerprint density at radius 2 is 1.67 bits per heavy atom. The zero-order chi connectivity index (χ0) is 30.3. The van der Waals surface area contributed by atoms with Crippen LogP contribution in [0.15, 0.2) is 25.3 Å². The fraction of sp³-hybridized carbons (Fsp3) is 0.781. The zero-order valence-electron chi connectivity index (χ0n) is 25.8. The second-order valence-electron chi connectivity index (χ2n) is 12.5. The van der Waals surface area contributed by atoms with Crippen LogP contribution in [0.1, 0.15) is 58.8 Å². The van der Waals surface area contributed by atoms with Gasteiger partial charge in [-0.15, -0.1) is 13.2 Å². The summed E-state index contributed by atoms with van der Waals surface area (Å²) in [6.45, 7) is 17.9. The molecule has 1 N–H and O–H groups in total. The van der Waals surface area contributed by atoms with Crippen LogP contribution < -0.4 is 0 Å². The van der Waals surface area contributed by atoms with Gasteiger partial charge in [-0.1, -0.05) is 31.9 Å². The van der Waals surface area contributed by atoms with Crippen molar-refractivity contribution in [3.63, 3.8) is 0 Å². The average Bonchev–Trinajstić information content (AvgIpc) is 3.55. The summed E-state index contributed by atoms with van der Waals surface area (Å²) in [6, 6.07) is -0.781. The molecular formula is C32H52N4O6. The summed E-state index contributed by atoms with van der Waals surface area (Å²) >= 11 is 0. The minimum atomic E-state index is -1.03. The normalized spacial score (nSPS) is 30.4. The maximum Gasteiger partial charge on any atom is 0.248 e. The van der Waals surface area contributed by atoms with Crippen LogP contribution in [0.5, 0.6) is 0 Å². The van der Waals surface area contributed by atoms with Gasteiger partial charge in [0.2, 0.25) is 17.7 Å². The average molecular weight is 589 g/mol. The molecule has 4 fully saturated rings. The van der Waals surface area contributed by atoms with E-state index in [1.165, 1.54) is 0 Å². The van der Waals surface area contributed by atoms with Crippen molar-refractivity contribution < 1.29 is 29.0 Å². The molecule has 4 heterocycles. The number of ether oxygens (including phenoxy) is 2. The van der Waals surface area contributed by atoms with E-state index in [0.717, 1.165) is 38.8 Å². The molecule has 4 aliphatic heterocycles. The monoisotopic (exact) mass is 588 g/mol. The van der Waals surface area contributed by atoms with Crippen molar-refractivity contribution in [2.45, 2.75) is 76.0 Å². The Morgan fingerprint density at radius 1 is 1.00 bits per heavy atom. The minimum absolute atomic E-state index is 0.0783. The topological polar surface area (TPSA) is 103 Å². The molecule has 0 radical (unpaired) electrons. The first-order chi connectivity index (χ1) is 20.3. The third-order valence-electron chi connectivity index (χ3n) is 9.69. The number of likely N-dealkylation sites (tertiary alicyclic amines) is 1. The number of nitrogens with zero attached hydrogens (tertiary/aromatic N) is 4. The number of carbonyl (C=O) groups is 3. The number of aliphatic hydroxyl groups excluding tert-OH is 1. The fourth-order valence-corrected chi connectivity index (χ4v) is 7.69. The standard InChI is InChI=1S/C32H52N4O6/c1-5-14-34(15-6-2)28(38)25-26-29(39)36(17-10-8-9-11-22-37)27(32(26)13-12-31(25,4)42-32)30(40)35(16-7-3)19-18-33-20-23-41-24-21-33/h5,7,25-27,37H,1,3,6,8-24H2,2,4H3/t25-,26+,27?,31+,32?/m1/s1. The highest BCUT2D eigenvalue weighted by Gasteiger charge is 2.78. The number of fused-ring (bicyclic) bond motifs is 1. The molecular weight excluding hydrogens is 536 g/mol. The minimum Gasteiger partial charge on any atom is -0.396 e. The molecule has 0 aromatic rings. The molecule has 4 rings (SSSR count). The van der Waals surface area contributed by atoms with Gasteiger partial charge in [-0.05, 0) is 39.0 Å². The van der Waals surface area contributed by atoms with E-state index in [0.29, 0.717) is 71.7 Å². The lowest BCUT2D eigenvalue weighted by Gasteiger charge is -2.37. The van der Waals surface area contributed by atoms with Crippen LogP contribution in [-0.2, 0) is 23.9 Å². The smallest absolute Gasteiger partial charge is 0.248 e. The highest BCUT2D eigenvalue weighted by molar-refractivity contribution is 5.99. The van der Waals surface area contributed by atoms with E-state index in [2.05, 4.69) is 18.1 Å². The van der Waals surface area contributed by atoms with E-state index in [1.807, 2.05) is 18.7 Å². The Kier molecular flexibility index (Phi) is 11.2. The van der Waals surface area contributed by atoms with Crippen molar-refractivity contribution in [2.75, 3.05) is 72.2 Å². The van der Waals surface area contributed by atoms with Crippen LogP contribution in [0, 0.1) is 11.8 Å². The van der Waals surface area contributed by atoms with Crippen molar-refractivity contribution in [1.82, 2.24) is 19.6 Å². The highest BCUT2D eigenvalue weighted by Crippen LogP contribution is 2.63. The number of amides is 3. The number of hydrogen-bond acceptors (Lipinski definition) is 7. The van der Waals surface area contributed by atoms with Crippen LogP contribution in [0.3, 0.4) is 0 Å². The fourth-order valence-electron chi connectivity index (χ4n) is 7.69. The van der Waals surface area contributed by atoms with Crippen LogP contribution >= 0.6 is 0 Å². The Morgan fingerprint density at radius 3 is 2.31 bits per heavy atom. The van der Waals surface area contributed by atoms with Crippen molar-refractivity contribution >= 4 is 17.7 Å². The maximum absolute atomic E-state index is 14.6. The maximum atomic E-state index is 14.6. The molecule has 2 bridgehead atoms. The van der Waals surface area contributed by atoms with Gasteiger partial charge in [-0.3, -0.25) is 19.3 Å². The van der Waals surface area contributed by atoms with Crippen LogP contribution in [0.2, 0.25) is 0 Å². The van der Waals surface area contributed by atoms with Crippen LogP contribution in [0.25, 0.3) is 0 Å². The Balaban J connectivity index is 1.65. The molecule has 0 aromatic heterocycles. The molecule has 2 unspecified atom stereocenters. The van der Waals surface area contributed by atoms with Gasteiger partial charge in [0.25, 0.3) is 0 Å². The van der Waals surface area contributed by atoms with Gasteiger partial charge >= 0.3 is 0 Å². The van der Waals surface area contributed by atoms with Gasteiger partial charge in [0.15, 0.2) is 0 Å². The summed E-state index contributed by atoms with van der Waals surface area (Å²) in [7, 11) is 0. The molecule has 3 amide bonds. The predicted molar refractivity (Wildman–Crippen MR) is 161 cm³/mol. The lowest BCUT2D eigenvalue weighted by atomic mass is 9.66. The number of carbonyl (C=O) groups excluding carboxylic acids is 3. The van der Waals surface area contributed by atoms with Gasteiger partial charge in [-0.2, -0.15) is 0 Å². The largest absolute Gasteiger partial charge is 0.396 e. The molecule has 1 spiro atoms. The zero-order valence-corrected chi connectivity index (χ0v) is 25.8. The number of morpholine rings is 1. The number of unbranched alkanes of at least 4 members (excludes halogenated alkanes) is 3. The second kappa shape index (κ2) is 14.5. The van der Waals surface area contributed by atoms with Crippen molar-refractivity contribution in [3.05, 3.63) is 25.3 Å². The van der Waals surface area contributed by atoms with Crippen LogP contribution in [-0.4, -0.2) is 132 Å². The van der Waals surface area contributed by atoms with E-state index in [-0.39, 0.29) is 24.3 Å². The summed E-state index contributed by atoms with van der Waals surface area (Å²) < 4.78 is 12.3. The Hall–Kier alpha value is -2.27. The lowest BCUT2D eigenvalue weighted by molar-refractivity contribution is -0.153. The summed E-state index contributed by atoms with van der Waals surface area (Å²) in [5.74, 6) is -1.67.